The van der Waals surface area contributed by atoms with Crippen molar-refractivity contribution in [2.24, 2.45) is 0 Å². The van der Waals surface area contributed by atoms with Gasteiger partial charge in [-0.1, -0.05) is 12.1 Å². The zero-order chi connectivity index (χ0) is 15.3. The maximum Gasteiger partial charge on any atom is 0.164 e. The smallest absolute Gasteiger partial charge is 0.164 e. The van der Waals surface area contributed by atoms with Crippen LogP contribution in [0.4, 0.5) is 0 Å². The van der Waals surface area contributed by atoms with Gasteiger partial charge in [0.1, 0.15) is 5.37 Å². The molecule has 1 fully saturated rings. The van der Waals surface area contributed by atoms with E-state index in [0.29, 0.717) is 18.8 Å². The van der Waals surface area contributed by atoms with E-state index in [0.717, 1.165) is 36.7 Å². The number of nitrogens with one attached hydrogen (secondary N) is 1. The van der Waals surface area contributed by atoms with Crippen LogP contribution in [0.15, 0.2) is 10.6 Å². The van der Waals surface area contributed by atoms with Crippen LogP contribution in [0, 0.1) is 0 Å². The Morgan fingerprint density at radius 3 is 3.10 bits per heavy atom. The number of thioether (sulfide) groups is 1. The summed E-state index contributed by atoms with van der Waals surface area (Å²) >= 11 is 1.69. The summed E-state index contributed by atoms with van der Waals surface area (Å²) in [5, 5.41) is 6.86. The SMILES string of the molecule is CCCNCc1cc(CN2CCSCC2S(C)(=O)=O)on1. The number of aromatic nitrogens is 1. The Hall–Kier alpha value is -0.570. The zero-order valence-corrected chi connectivity index (χ0v) is 14.2. The highest BCUT2D eigenvalue weighted by Gasteiger charge is 2.31. The monoisotopic (exact) mass is 333 g/mol. The second-order valence-corrected chi connectivity index (χ2v) is 8.64. The number of rotatable bonds is 7. The van der Waals surface area contributed by atoms with E-state index in [1.807, 2.05) is 11.0 Å². The van der Waals surface area contributed by atoms with Crippen LogP contribution in [0.25, 0.3) is 0 Å². The normalized spacial score (nSPS) is 20.8. The van der Waals surface area contributed by atoms with Crippen molar-refractivity contribution in [3.63, 3.8) is 0 Å². The lowest BCUT2D eigenvalue weighted by Crippen LogP contribution is -2.46. The minimum Gasteiger partial charge on any atom is -0.360 e. The van der Waals surface area contributed by atoms with Crippen LogP contribution in [-0.4, -0.2) is 54.7 Å². The van der Waals surface area contributed by atoms with E-state index in [4.69, 9.17) is 4.52 Å². The summed E-state index contributed by atoms with van der Waals surface area (Å²) in [5.41, 5.74) is 0.862. The van der Waals surface area contributed by atoms with Gasteiger partial charge in [-0.15, -0.1) is 0 Å². The fourth-order valence-corrected chi connectivity index (χ4v) is 5.24. The van der Waals surface area contributed by atoms with Crippen LogP contribution in [0.2, 0.25) is 0 Å². The minimum absolute atomic E-state index is 0.428. The van der Waals surface area contributed by atoms with Gasteiger partial charge in [0.15, 0.2) is 15.6 Å². The van der Waals surface area contributed by atoms with Gasteiger partial charge in [0.2, 0.25) is 0 Å². The van der Waals surface area contributed by atoms with Gasteiger partial charge in [-0.3, -0.25) is 4.90 Å². The molecule has 120 valence electrons. The van der Waals surface area contributed by atoms with Crippen molar-refractivity contribution in [1.82, 2.24) is 15.4 Å². The largest absolute Gasteiger partial charge is 0.360 e. The summed E-state index contributed by atoms with van der Waals surface area (Å²) in [7, 11) is -3.08. The van der Waals surface area contributed by atoms with Gasteiger partial charge in [0.05, 0.1) is 12.2 Å². The van der Waals surface area contributed by atoms with Gasteiger partial charge >= 0.3 is 0 Å². The molecule has 1 aromatic heterocycles. The Balaban J connectivity index is 1.96. The molecule has 21 heavy (non-hydrogen) atoms. The lowest BCUT2D eigenvalue weighted by Gasteiger charge is -2.32. The fourth-order valence-electron chi connectivity index (χ4n) is 2.30. The maximum absolute atomic E-state index is 11.9. The predicted octanol–water partition coefficient (Wildman–Crippen LogP) is 1.09. The molecule has 1 N–H and O–H groups in total. The minimum atomic E-state index is -3.08. The van der Waals surface area contributed by atoms with Crippen molar-refractivity contribution in [2.75, 3.05) is 30.9 Å². The summed E-state index contributed by atoms with van der Waals surface area (Å²) in [5.74, 6) is 2.30. The first kappa shape index (κ1) is 16.8. The van der Waals surface area contributed by atoms with Crippen molar-refractivity contribution < 1.29 is 12.9 Å². The molecule has 0 aromatic carbocycles. The van der Waals surface area contributed by atoms with Crippen LogP contribution >= 0.6 is 11.8 Å². The third-order valence-corrected chi connectivity index (χ3v) is 6.07. The molecule has 1 aliphatic heterocycles. The van der Waals surface area contributed by atoms with Gasteiger partial charge in [-0.05, 0) is 13.0 Å². The standard InChI is InChI=1S/C13H23N3O3S2/c1-3-4-14-8-11-7-12(19-15-11)9-16-5-6-20-10-13(16)21(2,17)18/h7,13-14H,3-6,8-10H2,1-2H3. The van der Waals surface area contributed by atoms with Crippen molar-refractivity contribution in [2.45, 2.75) is 31.8 Å². The van der Waals surface area contributed by atoms with Crippen molar-refractivity contribution in [3.8, 4) is 0 Å². The molecule has 0 radical (unpaired) electrons. The molecule has 1 unspecified atom stereocenters. The van der Waals surface area contributed by atoms with Crippen LogP contribution < -0.4 is 5.32 Å². The van der Waals surface area contributed by atoms with Gasteiger partial charge in [-0.2, -0.15) is 11.8 Å². The molecule has 2 heterocycles. The van der Waals surface area contributed by atoms with E-state index < -0.39 is 15.2 Å². The maximum atomic E-state index is 11.9. The van der Waals surface area contributed by atoms with E-state index in [9.17, 15) is 8.42 Å². The molecule has 0 spiro atoms. The van der Waals surface area contributed by atoms with Crippen LogP contribution in [0.1, 0.15) is 24.8 Å². The Kier molecular flexibility index (Phi) is 6.09. The van der Waals surface area contributed by atoms with E-state index in [-0.39, 0.29) is 0 Å². The first-order chi connectivity index (χ1) is 10.0. The summed E-state index contributed by atoms with van der Waals surface area (Å²) in [6.45, 7) is 5.00. The molecule has 6 nitrogen and oxygen atoms in total. The third kappa shape index (κ3) is 4.98. The van der Waals surface area contributed by atoms with Crippen LogP contribution in [-0.2, 0) is 22.9 Å². The van der Waals surface area contributed by atoms with Crippen LogP contribution in [0.3, 0.4) is 0 Å². The van der Waals surface area contributed by atoms with Crippen LogP contribution in [0.5, 0.6) is 0 Å². The second-order valence-electron chi connectivity index (χ2n) is 5.29. The Labute approximate surface area is 130 Å². The number of hydrogen-bond donors (Lipinski definition) is 1. The van der Waals surface area contributed by atoms with Gasteiger partial charge < -0.3 is 9.84 Å². The Morgan fingerprint density at radius 2 is 2.38 bits per heavy atom. The molecule has 1 aromatic rings. The number of sulfone groups is 1. The lowest BCUT2D eigenvalue weighted by molar-refractivity contribution is 0.227. The average molecular weight is 333 g/mol. The molecule has 0 aliphatic carbocycles. The first-order valence-corrected chi connectivity index (χ1v) is 10.3. The van der Waals surface area contributed by atoms with Gasteiger partial charge in [0.25, 0.3) is 0 Å². The summed E-state index contributed by atoms with van der Waals surface area (Å²) in [4.78, 5) is 1.97. The van der Waals surface area contributed by atoms with E-state index >= 15 is 0 Å². The third-order valence-electron chi connectivity index (χ3n) is 3.38. The van der Waals surface area contributed by atoms with Crippen molar-refractivity contribution >= 4 is 21.6 Å². The highest BCUT2D eigenvalue weighted by Crippen LogP contribution is 2.22. The van der Waals surface area contributed by atoms with E-state index in [2.05, 4.69) is 17.4 Å². The van der Waals surface area contributed by atoms with Gasteiger partial charge in [-0.25, -0.2) is 8.42 Å². The molecule has 8 heteroatoms. The van der Waals surface area contributed by atoms with E-state index in [1.54, 1.807) is 11.8 Å². The fraction of sp³-hybridized carbons (Fsp3) is 0.769. The molecular weight excluding hydrogens is 310 g/mol. The van der Waals surface area contributed by atoms with Gasteiger partial charge in [0, 0.05) is 36.9 Å². The van der Waals surface area contributed by atoms with Crippen molar-refractivity contribution in [3.05, 3.63) is 17.5 Å². The number of nitrogens with zero attached hydrogens (tertiary/aromatic N) is 2. The number of hydrogen-bond acceptors (Lipinski definition) is 7. The molecular formula is C13H23N3O3S2. The molecule has 0 amide bonds. The molecule has 1 aliphatic rings. The molecule has 1 atom stereocenters. The molecule has 1 saturated heterocycles. The molecule has 2 rings (SSSR count). The summed E-state index contributed by atoms with van der Waals surface area (Å²) in [6.07, 6.45) is 2.38. The first-order valence-electron chi connectivity index (χ1n) is 7.16. The Morgan fingerprint density at radius 1 is 1.57 bits per heavy atom. The molecule has 0 saturated carbocycles. The molecule has 0 bridgehead atoms. The zero-order valence-electron chi connectivity index (χ0n) is 12.5. The lowest BCUT2D eigenvalue weighted by atomic mass is 10.3. The highest BCUT2D eigenvalue weighted by molar-refractivity contribution is 8.00. The highest BCUT2D eigenvalue weighted by atomic mass is 32.2. The summed E-state index contributed by atoms with van der Waals surface area (Å²) in [6, 6.07) is 1.91. The van der Waals surface area contributed by atoms with E-state index in [1.165, 1.54) is 6.26 Å². The predicted molar refractivity (Wildman–Crippen MR) is 84.9 cm³/mol. The average Bonchev–Trinajstić information content (AvgIpc) is 2.86. The Bertz CT molecular complexity index is 545. The second kappa shape index (κ2) is 7.62. The quantitative estimate of drug-likeness (QED) is 0.749. The van der Waals surface area contributed by atoms with Crippen molar-refractivity contribution in [1.29, 1.82) is 0 Å². The topological polar surface area (TPSA) is 75.4 Å². The summed E-state index contributed by atoms with van der Waals surface area (Å²) < 4.78 is 29.0.